The van der Waals surface area contributed by atoms with Crippen LogP contribution in [0.1, 0.15) is 329 Å². The van der Waals surface area contributed by atoms with Gasteiger partial charge in [-0.2, -0.15) is 0 Å². The van der Waals surface area contributed by atoms with E-state index in [1.807, 2.05) is 0 Å². The van der Waals surface area contributed by atoms with Crippen molar-refractivity contribution < 1.29 is 28.6 Å². The number of esters is 3. The molecular weight excluding hydrogens is 949 g/mol. The standard InChI is InChI=1S/C71H124O6/c1-4-7-10-13-16-19-22-25-27-29-31-32-33-34-35-36-37-38-40-41-43-46-49-52-55-58-61-64-70(73)76-67-68(66-75-69(72)63-60-57-54-51-48-45-24-21-18-15-12-9-6-3)77-71(74)65-62-59-56-53-50-47-44-42-39-30-28-26-23-20-17-14-11-8-5-2/h7,10,16,19,21,24-28,31-32,34-35,68H,4-6,8-9,11-15,17-18,20,22-23,29-30,33,36-67H2,1-3H3/b10-7-,19-16-,24-21-,27-25-,28-26-,32-31-,35-34-. The third-order valence-corrected chi connectivity index (χ3v) is 14.4. The summed E-state index contributed by atoms with van der Waals surface area (Å²) in [5.41, 5.74) is 0. The summed E-state index contributed by atoms with van der Waals surface area (Å²) >= 11 is 0. The van der Waals surface area contributed by atoms with E-state index >= 15 is 0 Å². The van der Waals surface area contributed by atoms with Gasteiger partial charge in [0.2, 0.25) is 0 Å². The van der Waals surface area contributed by atoms with Crippen LogP contribution in [0.5, 0.6) is 0 Å². The monoisotopic (exact) mass is 1070 g/mol. The zero-order valence-electron chi connectivity index (χ0n) is 51.0. The second-order valence-electron chi connectivity index (χ2n) is 22.0. The number of carbonyl (C=O) groups excluding carboxylic acids is 3. The predicted molar refractivity (Wildman–Crippen MR) is 334 cm³/mol. The van der Waals surface area contributed by atoms with Crippen LogP contribution in [0.2, 0.25) is 0 Å². The number of ether oxygens (including phenoxy) is 3. The van der Waals surface area contributed by atoms with Crippen molar-refractivity contribution >= 4 is 17.9 Å². The van der Waals surface area contributed by atoms with Crippen LogP contribution in [0.25, 0.3) is 0 Å². The first kappa shape index (κ1) is 73.6. The first-order chi connectivity index (χ1) is 38.0. The van der Waals surface area contributed by atoms with Crippen molar-refractivity contribution in [2.45, 2.75) is 335 Å². The molecule has 0 aromatic heterocycles. The molecule has 0 saturated carbocycles. The fraction of sp³-hybridized carbons (Fsp3) is 0.761. The molecule has 6 heteroatoms. The van der Waals surface area contributed by atoms with Crippen molar-refractivity contribution in [1.82, 2.24) is 0 Å². The summed E-state index contributed by atoms with van der Waals surface area (Å²) in [5.74, 6) is -0.879. The summed E-state index contributed by atoms with van der Waals surface area (Å²) in [6.07, 6.45) is 85.9. The quantitative estimate of drug-likeness (QED) is 0.0261. The second-order valence-corrected chi connectivity index (χ2v) is 22.0. The van der Waals surface area contributed by atoms with Crippen molar-refractivity contribution in [2.75, 3.05) is 13.2 Å². The Morgan fingerprint density at radius 3 is 0.818 bits per heavy atom. The van der Waals surface area contributed by atoms with E-state index in [1.54, 1.807) is 0 Å². The largest absolute Gasteiger partial charge is 0.462 e. The third kappa shape index (κ3) is 63.3. The molecule has 0 aliphatic heterocycles. The molecule has 0 radical (unpaired) electrons. The molecule has 0 rings (SSSR count). The molecular formula is C71H124O6. The van der Waals surface area contributed by atoms with Crippen LogP contribution in [0.4, 0.5) is 0 Å². The number of unbranched alkanes of at least 4 members (excludes halogenated alkanes) is 35. The smallest absolute Gasteiger partial charge is 0.306 e. The molecule has 1 unspecified atom stereocenters. The SMILES string of the molecule is CC/C=C\C/C=C\C/C=C\C/C=C\C/C=C\CCCCCCCCCCCCCC(=O)OCC(COC(=O)CCCCCCC/C=C\CCCCCC)OC(=O)CCCCCCCCCCC/C=C\CCCCCCCC. The molecule has 0 bridgehead atoms. The van der Waals surface area contributed by atoms with Gasteiger partial charge in [-0.1, -0.05) is 279 Å². The van der Waals surface area contributed by atoms with Gasteiger partial charge >= 0.3 is 17.9 Å². The van der Waals surface area contributed by atoms with E-state index in [9.17, 15) is 14.4 Å². The van der Waals surface area contributed by atoms with Gasteiger partial charge in [0.15, 0.2) is 6.10 Å². The summed E-state index contributed by atoms with van der Waals surface area (Å²) in [4.78, 5) is 38.3. The Balaban J connectivity index is 4.29. The molecule has 0 aliphatic rings. The first-order valence-corrected chi connectivity index (χ1v) is 33.1. The first-order valence-electron chi connectivity index (χ1n) is 33.1. The molecule has 0 amide bonds. The normalized spacial score (nSPS) is 12.6. The number of allylic oxidation sites excluding steroid dienone is 14. The zero-order valence-corrected chi connectivity index (χ0v) is 51.0. The molecule has 0 aromatic carbocycles. The molecule has 0 aliphatic carbocycles. The van der Waals surface area contributed by atoms with Gasteiger partial charge in [0.1, 0.15) is 13.2 Å². The Bertz CT molecular complexity index is 1470. The van der Waals surface area contributed by atoms with Crippen LogP contribution in [0.3, 0.4) is 0 Å². The van der Waals surface area contributed by atoms with Crippen LogP contribution < -0.4 is 0 Å². The van der Waals surface area contributed by atoms with Crippen LogP contribution in [0, 0.1) is 0 Å². The maximum atomic E-state index is 12.9. The van der Waals surface area contributed by atoms with Crippen molar-refractivity contribution in [3.8, 4) is 0 Å². The van der Waals surface area contributed by atoms with E-state index in [2.05, 4.69) is 106 Å². The minimum atomic E-state index is -0.783. The fourth-order valence-electron chi connectivity index (χ4n) is 9.40. The van der Waals surface area contributed by atoms with Gasteiger partial charge < -0.3 is 14.2 Å². The van der Waals surface area contributed by atoms with Crippen LogP contribution in [-0.2, 0) is 28.6 Å². The molecule has 0 saturated heterocycles. The van der Waals surface area contributed by atoms with Crippen LogP contribution in [0.15, 0.2) is 85.1 Å². The second kappa shape index (κ2) is 65.1. The van der Waals surface area contributed by atoms with Gasteiger partial charge in [0.25, 0.3) is 0 Å². The minimum absolute atomic E-state index is 0.0795. The van der Waals surface area contributed by atoms with Gasteiger partial charge in [-0.3, -0.25) is 14.4 Å². The van der Waals surface area contributed by atoms with Crippen molar-refractivity contribution in [3.63, 3.8) is 0 Å². The lowest BCUT2D eigenvalue weighted by Gasteiger charge is -2.18. The third-order valence-electron chi connectivity index (χ3n) is 14.4. The summed E-state index contributed by atoms with van der Waals surface area (Å²) in [5, 5.41) is 0. The van der Waals surface area contributed by atoms with E-state index in [4.69, 9.17) is 14.2 Å². The molecule has 77 heavy (non-hydrogen) atoms. The molecule has 0 fully saturated rings. The highest BCUT2D eigenvalue weighted by molar-refractivity contribution is 5.71. The number of hydrogen-bond acceptors (Lipinski definition) is 6. The summed E-state index contributed by atoms with van der Waals surface area (Å²) in [6, 6.07) is 0. The van der Waals surface area contributed by atoms with Crippen molar-refractivity contribution in [1.29, 1.82) is 0 Å². The van der Waals surface area contributed by atoms with E-state index in [-0.39, 0.29) is 31.1 Å². The molecule has 1 atom stereocenters. The summed E-state index contributed by atoms with van der Waals surface area (Å²) < 4.78 is 16.9. The summed E-state index contributed by atoms with van der Waals surface area (Å²) in [7, 11) is 0. The van der Waals surface area contributed by atoms with Gasteiger partial charge in [-0.15, -0.1) is 0 Å². The van der Waals surface area contributed by atoms with Gasteiger partial charge in [-0.05, 0) is 116 Å². The molecule has 0 spiro atoms. The highest BCUT2D eigenvalue weighted by Crippen LogP contribution is 2.16. The Morgan fingerprint density at radius 2 is 0.506 bits per heavy atom. The number of hydrogen-bond donors (Lipinski definition) is 0. The van der Waals surface area contributed by atoms with Gasteiger partial charge in [-0.25, -0.2) is 0 Å². The van der Waals surface area contributed by atoms with E-state index in [0.717, 1.165) is 96.3 Å². The molecule has 0 N–H and O–H groups in total. The van der Waals surface area contributed by atoms with Crippen molar-refractivity contribution in [2.24, 2.45) is 0 Å². The molecule has 0 aromatic rings. The Hall–Kier alpha value is -3.41. The Morgan fingerprint density at radius 1 is 0.273 bits per heavy atom. The predicted octanol–water partition coefficient (Wildman–Crippen LogP) is 22.7. The lowest BCUT2D eigenvalue weighted by molar-refractivity contribution is -0.167. The van der Waals surface area contributed by atoms with E-state index in [0.29, 0.717) is 19.3 Å². The number of carbonyl (C=O) groups is 3. The molecule has 6 nitrogen and oxygen atoms in total. The number of rotatable bonds is 60. The molecule has 444 valence electrons. The lowest BCUT2D eigenvalue weighted by atomic mass is 10.0. The summed E-state index contributed by atoms with van der Waals surface area (Å²) in [6.45, 7) is 6.53. The van der Waals surface area contributed by atoms with Crippen LogP contribution in [-0.4, -0.2) is 37.2 Å². The van der Waals surface area contributed by atoms with Crippen molar-refractivity contribution in [3.05, 3.63) is 85.1 Å². The zero-order chi connectivity index (χ0) is 55.7. The highest BCUT2D eigenvalue weighted by Gasteiger charge is 2.19. The highest BCUT2D eigenvalue weighted by atomic mass is 16.6. The Kier molecular flexibility index (Phi) is 62.2. The Labute approximate surface area is 477 Å². The lowest BCUT2D eigenvalue weighted by Crippen LogP contribution is -2.30. The van der Waals surface area contributed by atoms with Gasteiger partial charge in [0.05, 0.1) is 0 Å². The molecule has 0 heterocycles. The fourth-order valence-corrected chi connectivity index (χ4v) is 9.40. The minimum Gasteiger partial charge on any atom is -0.462 e. The maximum Gasteiger partial charge on any atom is 0.306 e. The average Bonchev–Trinajstić information content (AvgIpc) is 3.43. The maximum absolute atomic E-state index is 12.9. The van der Waals surface area contributed by atoms with E-state index < -0.39 is 6.10 Å². The average molecular weight is 1070 g/mol. The topological polar surface area (TPSA) is 78.9 Å². The van der Waals surface area contributed by atoms with Crippen LogP contribution >= 0.6 is 0 Å². The van der Waals surface area contributed by atoms with Gasteiger partial charge in [0, 0.05) is 19.3 Å². The van der Waals surface area contributed by atoms with E-state index in [1.165, 1.54) is 193 Å².